The van der Waals surface area contributed by atoms with Crippen molar-refractivity contribution in [3.63, 3.8) is 0 Å². The highest BCUT2D eigenvalue weighted by Crippen LogP contribution is 2.62. The number of amides is 1. The van der Waals surface area contributed by atoms with E-state index in [2.05, 4.69) is 27.4 Å². The van der Waals surface area contributed by atoms with Gasteiger partial charge in [-0.15, -0.1) is 0 Å². The summed E-state index contributed by atoms with van der Waals surface area (Å²) in [6, 6.07) is 24.9. The van der Waals surface area contributed by atoms with Crippen LogP contribution in [-0.4, -0.2) is 51.7 Å². The summed E-state index contributed by atoms with van der Waals surface area (Å²) < 4.78 is 50.1. The fraction of sp³-hybridized carbons (Fsp3) is 0.452. The summed E-state index contributed by atoms with van der Waals surface area (Å²) in [7, 11) is 0. The second-order valence-electron chi connectivity index (χ2n) is 15.5. The Balaban J connectivity index is 0.00000271. The van der Waals surface area contributed by atoms with Gasteiger partial charge in [0.2, 0.25) is 5.88 Å². The van der Waals surface area contributed by atoms with Crippen LogP contribution in [0.3, 0.4) is 0 Å². The quantitative estimate of drug-likeness (QED) is 0.160. The van der Waals surface area contributed by atoms with E-state index in [1.165, 1.54) is 5.56 Å². The standard InChI is InChI=1S/C42H47F3N4O2.2H2/c1-27-10-8-15-32(18-27)39(50)49(34-22-40(23-34)20-33(21-40)46-25-31-13-6-5-7-14-31)35(24-41(16-17-41)42(43,44)45)26-51-37-19-36(47-30(4)48-37)38-28(2)11-9-12-29(38)3;;/h5-15,18-19,33-35,46H,16-17,20-26H2,1-4H3;2*1H/t33?,34?,35-,40?;;/m1../s1. The third kappa shape index (κ3) is 7.41. The van der Waals surface area contributed by atoms with Gasteiger partial charge in [0.25, 0.3) is 5.91 Å². The van der Waals surface area contributed by atoms with Crippen molar-refractivity contribution in [3.05, 3.63) is 113 Å². The van der Waals surface area contributed by atoms with E-state index in [1.807, 2.05) is 75.4 Å². The Labute approximate surface area is 301 Å². The van der Waals surface area contributed by atoms with E-state index in [9.17, 15) is 18.0 Å². The number of nitrogens with zero attached hydrogens (tertiary/aromatic N) is 3. The van der Waals surface area contributed by atoms with Crippen molar-refractivity contribution in [2.75, 3.05) is 6.61 Å². The number of aromatic nitrogens is 2. The van der Waals surface area contributed by atoms with Crippen molar-refractivity contribution in [1.29, 1.82) is 0 Å². The lowest BCUT2D eigenvalue weighted by molar-refractivity contribution is -0.194. The molecule has 0 saturated heterocycles. The summed E-state index contributed by atoms with van der Waals surface area (Å²) in [6.07, 6.45) is -0.906. The Bertz CT molecular complexity index is 1870. The lowest BCUT2D eigenvalue weighted by atomic mass is 9.51. The van der Waals surface area contributed by atoms with Gasteiger partial charge >= 0.3 is 6.18 Å². The van der Waals surface area contributed by atoms with Gasteiger partial charge in [-0.2, -0.15) is 18.2 Å². The number of alkyl halides is 3. The lowest BCUT2D eigenvalue weighted by Gasteiger charge is -2.61. The van der Waals surface area contributed by atoms with Gasteiger partial charge in [0.15, 0.2) is 0 Å². The SMILES string of the molecule is Cc1cccc(C(=O)N(C2CC3(CC(NCc4ccccc4)C3)C2)[C@@H](COc2cc(-c3c(C)cccc3C)nc(C)n2)CC2(C(F)(F)F)CC2)c1.[HH].[HH]. The first-order chi connectivity index (χ1) is 24.3. The monoisotopic (exact) mass is 700 g/mol. The van der Waals surface area contributed by atoms with Crippen molar-refractivity contribution in [2.24, 2.45) is 10.8 Å². The molecule has 3 fully saturated rings. The lowest BCUT2D eigenvalue weighted by Crippen LogP contribution is -2.63. The molecule has 1 N–H and O–H groups in total. The summed E-state index contributed by atoms with van der Waals surface area (Å²) in [4.78, 5) is 25.5. The topological polar surface area (TPSA) is 67.4 Å². The van der Waals surface area contributed by atoms with E-state index in [1.54, 1.807) is 24.0 Å². The summed E-state index contributed by atoms with van der Waals surface area (Å²) >= 11 is 0. The highest BCUT2D eigenvalue weighted by molar-refractivity contribution is 5.95. The van der Waals surface area contributed by atoms with Crippen LogP contribution in [0.25, 0.3) is 11.3 Å². The molecule has 1 atom stereocenters. The average Bonchev–Trinajstić information content (AvgIpc) is 3.84. The van der Waals surface area contributed by atoms with Crippen molar-refractivity contribution >= 4 is 5.91 Å². The van der Waals surface area contributed by atoms with Gasteiger partial charge < -0.3 is 15.0 Å². The molecular formula is C42H51F3N4O2. The summed E-state index contributed by atoms with van der Waals surface area (Å²) in [6.45, 7) is 8.45. The molecule has 3 aliphatic carbocycles. The predicted octanol–water partition coefficient (Wildman–Crippen LogP) is 9.59. The van der Waals surface area contributed by atoms with E-state index in [0.717, 1.165) is 54.5 Å². The molecule has 51 heavy (non-hydrogen) atoms. The highest BCUT2D eigenvalue weighted by Gasteiger charge is 2.65. The molecule has 1 spiro atoms. The largest absolute Gasteiger partial charge is 0.475 e. The molecule has 3 aliphatic rings. The maximum atomic E-state index is 14.6. The molecule has 9 heteroatoms. The van der Waals surface area contributed by atoms with Crippen LogP contribution in [0.4, 0.5) is 13.2 Å². The van der Waals surface area contributed by atoms with Crippen LogP contribution in [-0.2, 0) is 6.54 Å². The average molecular weight is 701 g/mol. The molecule has 0 unspecified atom stereocenters. The molecule has 4 aromatic rings. The Morgan fingerprint density at radius 3 is 2.25 bits per heavy atom. The van der Waals surface area contributed by atoms with Gasteiger partial charge in [0, 0.05) is 38.7 Å². The number of benzene rings is 3. The molecule has 6 nitrogen and oxygen atoms in total. The number of nitrogens with one attached hydrogen (secondary N) is 1. The number of hydrogen-bond acceptors (Lipinski definition) is 5. The van der Waals surface area contributed by atoms with E-state index >= 15 is 0 Å². The zero-order valence-electron chi connectivity index (χ0n) is 29.9. The maximum absolute atomic E-state index is 14.6. The molecule has 3 saturated carbocycles. The summed E-state index contributed by atoms with van der Waals surface area (Å²) in [5.41, 5.74) is 4.72. The number of carbonyl (C=O) groups is 1. The molecule has 1 heterocycles. The van der Waals surface area contributed by atoms with Crippen molar-refractivity contribution in [1.82, 2.24) is 20.2 Å². The van der Waals surface area contributed by atoms with Gasteiger partial charge in [-0.05, 0) is 107 Å². The van der Waals surface area contributed by atoms with E-state index < -0.39 is 17.6 Å². The number of halogens is 3. The molecule has 0 bridgehead atoms. The van der Waals surface area contributed by atoms with Crippen molar-refractivity contribution < 1.29 is 25.6 Å². The normalized spacial score (nSPS) is 22.5. The zero-order chi connectivity index (χ0) is 36.0. The number of carbonyl (C=O) groups excluding carboxylic acids is 1. The van der Waals surface area contributed by atoms with Gasteiger partial charge in [-0.3, -0.25) is 4.79 Å². The van der Waals surface area contributed by atoms with Gasteiger partial charge in [-0.25, -0.2) is 4.98 Å². The van der Waals surface area contributed by atoms with Crippen LogP contribution in [0.15, 0.2) is 78.9 Å². The van der Waals surface area contributed by atoms with Crippen molar-refractivity contribution in [2.45, 2.75) is 103 Å². The molecule has 1 amide bonds. The Morgan fingerprint density at radius 1 is 0.922 bits per heavy atom. The maximum Gasteiger partial charge on any atom is 0.394 e. The summed E-state index contributed by atoms with van der Waals surface area (Å²) in [5.74, 6) is 0.560. The first kappa shape index (κ1) is 35.2. The second-order valence-corrected chi connectivity index (χ2v) is 15.5. The molecular weight excluding hydrogens is 649 g/mol. The fourth-order valence-corrected chi connectivity index (χ4v) is 8.60. The smallest absolute Gasteiger partial charge is 0.394 e. The molecule has 3 aromatic carbocycles. The molecule has 0 radical (unpaired) electrons. The van der Waals surface area contributed by atoms with Crippen LogP contribution in [0.5, 0.6) is 5.88 Å². The minimum atomic E-state index is -4.36. The summed E-state index contributed by atoms with van der Waals surface area (Å²) in [5, 5.41) is 3.66. The van der Waals surface area contributed by atoms with Crippen LogP contribution in [0.2, 0.25) is 0 Å². The first-order valence-corrected chi connectivity index (χ1v) is 18.1. The van der Waals surface area contributed by atoms with Crippen LogP contribution in [0, 0.1) is 38.5 Å². The molecule has 272 valence electrons. The Hall–Kier alpha value is -4.24. The molecule has 1 aromatic heterocycles. The third-order valence-corrected chi connectivity index (χ3v) is 11.5. The van der Waals surface area contributed by atoms with E-state index in [0.29, 0.717) is 29.0 Å². The number of aryl methyl sites for hydroxylation is 4. The third-order valence-electron chi connectivity index (χ3n) is 11.5. The van der Waals surface area contributed by atoms with Gasteiger partial charge in [0.1, 0.15) is 12.4 Å². The Morgan fingerprint density at radius 2 is 1.61 bits per heavy atom. The number of ether oxygens (including phenoxy) is 1. The van der Waals surface area contributed by atoms with Gasteiger partial charge in [0.05, 0.1) is 17.2 Å². The highest BCUT2D eigenvalue weighted by atomic mass is 19.4. The van der Waals surface area contributed by atoms with Crippen LogP contribution < -0.4 is 10.1 Å². The van der Waals surface area contributed by atoms with Gasteiger partial charge in [-0.1, -0.05) is 66.2 Å². The minimum absolute atomic E-state index is 0. The Kier molecular flexibility index (Phi) is 9.46. The number of rotatable bonds is 12. The molecule has 7 rings (SSSR count). The van der Waals surface area contributed by atoms with Crippen LogP contribution in [0.1, 0.15) is 86.2 Å². The van der Waals surface area contributed by atoms with Crippen molar-refractivity contribution in [3.8, 4) is 17.1 Å². The number of hydrogen-bond donors (Lipinski definition) is 1. The minimum Gasteiger partial charge on any atom is -0.475 e. The van der Waals surface area contributed by atoms with Crippen LogP contribution >= 0.6 is 0 Å². The second kappa shape index (κ2) is 13.7. The predicted molar refractivity (Wildman–Crippen MR) is 197 cm³/mol. The van der Waals surface area contributed by atoms with E-state index in [4.69, 9.17) is 4.74 Å². The zero-order valence-corrected chi connectivity index (χ0v) is 29.9. The first-order valence-electron chi connectivity index (χ1n) is 18.1. The fourth-order valence-electron chi connectivity index (χ4n) is 8.60. The molecule has 0 aliphatic heterocycles. The van der Waals surface area contributed by atoms with E-state index in [-0.39, 0.29) is 46.1 Å².